The molecular weight excluding hydrogens is 410 g/mol. The maximum absolute atomic E-state index is 12.7. The second-order valence-corrected chi connectivity index (χ2v) is 9.65. The molecule has 3 fully saturated rings. The van der Waals surface area contributed by atoms with Gasteiger partial charge in [-0.25, -0.2) is 9.78 Å². The molecule has 1 aromatic carbocycles. The van der Waals surface area contributed by atoms with Gasteiger partial charge < -0.3 is 10.6 Å². The summed E-state index contributed by atoms with van der Waals surface area (Å²) in [7, 11) is 0. The van der Waals surface area contributed by atoms with E-state index in [4.69, 9.17) is 0 Å². The zero-order valence-corrected chi connectivity index (χ0v) is 18.4. The van der Waals surface area contributed by atoms with Crippen LogP contribution in [0, 0.1) is 0 Å². The lowest BCUT2D eigenvalue weighted by molar-refractivity contribution is -0.121. The van der Waals surface area contributed by atoms with Crippen LogP contribution >= 0.6 is 11.3 Å². The van der Waals surface area contributed by atoms with Crippen LogP contribution in [0.15, 0.2) is 35.7 Å². The molecule has 3 aliphatic heterocycles. The van der Waals surface area contributed by atoms with E-state index in [9.17, 15) is 9.59 Å². The Morgan fingerprint density at radius 1 is 1.19 bits per heavy atom. The summed E-state index contributed by atoms with van der Waals surface area (Å²) in [5.41, 5.74) is 2.10. The Labute approximate surface area is 186 Å². The van der Waals surface area contributed by atoms with E-state index in [2.05, 4.69) is 50.8 Å². The van der Waals surface area contributed by atoms with Gasteiger partial charge in [-0.2, -0.15) is 0 Å². The van der Waals surface area contributed by atoms with Gasteiger partial charge in [0.15, 0.2) is 5.13 Å². The van der Waals surface area contributed by atoms with Gasteiger partial charge in [0.25, 0.3) is 0 Å². The number of thiazole rings is 1. The number of fused-ring (bicyclic) bond motifs is 2. The fourth-order valence-electron chi connectivity index (χ4n) is 5.20. The first-order valence-corrected chi connectivity index (χ1v) is 12.1. The SMILES string of the molecule is O=C(Cc1csc(N2CCCNC2=O)n1)NC1CC2CCC(C1)N2Cc1ccccc1. The molecule has 4 heterocycles. The van der Waals surface area contributed by atoms with Crippen molar-refractivity contribution < 1.29 is 9.59 Å². The van der Waals surface area contributed by atoms with Gasteiger partial charge in [-0.3, -0.25) is 14.6 Å². The second kappa shape index (κ2) is 8.96. The van der Waals surface area contributed by atoms with Crippen LogP contribution in [0.5, 0.6) is 0 Å². The number of hydrogen-bond donors (Lipinski definition) is 2. The molecule has 0 saturated carbocycles. The predicted molar refractivity (Wildman–Crippen MR) is 121 cm³/mol. The molecule has 0 aliphatic carbocycles. The number of piperidine rings is 1. The lowest BCUT2D eigenvalue weighted by Crippen LogP contribution is -2.50. The number of amides is 3. The molecule has 2 aromatic rings. The third-order valence-corrected chi connectivity index (χ3v) is 7.56. The number of carbonyl (C=O) groups is 2. The van der Waals surface area contributed by atoms with Crippen molar-refractivity contribution >= 4 is 28.4 Å². The summed E-state index contributed by atoms with van der Waals surface area (Å²) in [5, 5.41) is 8.66. The first-order valence-electron chi connectivity index (χ1n) is 11.2. The van der Waals surface area contributed by atoms with Gasteiger partial charge in [-0.1, -0.05) is 30.3 Å². The number of aromatic nitrogens is 1. The standard InChI is InChI=1S/C23H29N5O2S/c29-21(13-18-15-31-23(26-18)27-10-4-9-24-22(27)30)25-17-11-19-7-8-20(12-17)28(19)14-16-5-2-1-3-6-16/h1-3,5-6,15,17,19-20H,4,7-14H2,(H,24,30)(H,25,29). The van der Waals surface area contributed by atoms with Gasteiger partial charge >= 0.3 is 6.03 Å². The summed E-state index contributed by atoms with van der Waals surface area (Å²) in [6.07, 6.45) is 5.66. The van der Waals surface area contributed by atoms with Gasteiger partial charge in [-0.15, -0.1) is 11.3 Å². The normalized spacial score (nSPS) is 26.0. The van der Waals surface area contributed by atoms with E-state index < -0.39 is 0 Å². The third-order valence-electron chi connectivity index (χ3n) is 6.65. The average molecular weight is 440 g/mol. The Hall–Kier alpha value is -2.45. The minimum atomic E-state index is -0.102. The molecule has 3 saturated heterocycles. The number of rotatable bonds is 6. The molecule has 0 radical (unpaired) electrons. The monoisotopic (exact) mass is 439 g/mol. The van der Waals surface area contributed by atoms with E-state index in [1.807, 2.05) is 5.38 Å². The second-order valence-electron chi connectivity index (χ2n) is 8.81. The summed E-state index contributed by atoms with van der Waals surface area (Å²) in [4.78, 5) is 33.5. The van der Waals surface area contributed by atoms with Gasteiger partial charge in [0, 0.05) is 43.1 Å². The van der Waals surface area contributed by atoms with Crippen molar-refractivity contribution in [3.05, 3.63) is 47.0 Å². The quantitative estimate of drug-likeness (QED) is 0.726. The largest absolute Gasteiger partial charge is 0.353 e. The van der Waals surface area contributed by atoms with Crippen LogP contribution in [0.2, 0.25) is 0 Å². The zero-order valence-electron chi connectivity index (χ0n) is 17.6. The summed E-state index contributed by atoms with van der Waals surface area (Å²) in [5.74, 6) is 0.0286. The molecular formula is C23H29N5O2S. The van der Waals surface area contributed by atoms with Crippen molar-refractivity contribution in [2.24, 2.45) is 0 Å². The third kappa shape index (κ3) is 4.60. The molecule has 2 atom stereocenters. The molecule has 2 N–H and O–H groups in total. The first kappa shape index (κ1) is 20.5. The van der Waals surface area contributed by atoms with Crippen molar-refractivity contribution in [3.8, 4) is 0 Å². The topological polar surface area (TPSA) is 77.6 Å². The lowest BCUT2D eigenvalue weighted by atomic mass is 9.96. The fraction of sp³-hybridized carbons (Fsp3) is 0.522. The van der Waals surface area contributed by atoms with Crippen LogP contribution in [0.4, 0.5) is 9.93 Å². The Kier molecular flexibility index (Phi) is 5.91. The highest BCUT2D eigenvalue weighted by atomic mass is 32.1. The van der Waals surface area contributed by atoms with E-state index in [0.29, 0.717) is 30.3 Å². The number of carbonyl (C=O) groups excluding carboxylic acids is 2. The van der Waals surface area contributed by atoms with Crippen LogP contribution in [0.25, 0.3) is 0 Å². The van der Waals surface area contributed by atoms with E-state index in [-0.39, 0.29) is 24.4 Å². The molecule has 2 unspecified atom stereocenters. The van der Waals surface area contributed by atoms with E-state index in [1.54, 1.807) is 4.90 Å². The fourth-order valence-corrected chi connectivity index (χ4v) is 6.05. The van der Waals surface area contributed by atoms with Crippen molar-refractivity contribution in [2.45, 2.75) is 63.2 Å². The van der Waals surface area contributed by atoms with Gasteiger partial charge in [0.05, 0.1) is 12.1 Å². The summed E-state index contributed by atoms with van der Waals surface area (Å²) in [6.45, 7) is 2.39. The maximum atomic E-state index is 12.7. The summed E-state index contributed by atoms with van der Waals surface area (Å²) in [6, 6.07) is 11.9. The number of benzene rings is 1. The van der Waals surface area contributed by atoms with E-state index in [0.717, 1.165) is 31.5 Å². The van der Waals surface area contributed by atoms with Gasteiger partial charge in [-0.05, 0) is 37.7 Å². The zero-order chi connectivity index (χ0) is 21.2. The smallest absolute Gasteiger partial charge is 0.323 e. The van der Waals surface area contributed by atoms with Crippen molar-refractivity contribution in [1.82, 2.24) is 20.5 Å². The number of anilines is 1. The maximum Gasteiger partial charge on any atom is 0.323 e. The highest BCUT2D eigenvalue weighted by Crippen LogP contribution is 2.37. The van der Waals surface area contributed by atoms with Crippen molar-refractivity contribution in [1.29, 1.82) is 0 Å². The number of nitrogens with one attached hydrogen (secondary N) is 2. The highest BCUT2D eigenvalue weighted by molar-refractivity contribution is 7.14. The van der Waals surface area contributed by atoms with Gasteiger partial charge in [0.1, 0.15) is 0 Å². The van der Waals surface area contributed by atoms with Crippen LogP contribution in [-0.4, -0.2) is 53.0 Å². The Morgan fingerprint density at radius 3 is 2.71 bits per heavy atom. The minimum Gasteiger partial charge on any atom is -0.353 e. The highest BCUT2D eigenvalue weighted by Gasteiger charge is 2.40. The molecule has 8 heteroatoms. The predicted octanol–water partition coefficient (Wildman–Crippen LogP) is 2.92. The first-order chi connectivity index (χ1) is 15.2. The summed E-state index contributed by atoms with van der Waals surface area (Å²) >= 11 is 1.43. The van der Waals surface area contributed by atoms with Gasteiger partial charge in [0.2, 0.25) is 5.91 Å². The molecule has 0 spiro atoms. The molecule has 5 rings (SSSR count). The van der Waals surface area contributed by atoms with E-state index >= 15 is 0 Å². The van der Waals surface area contributed by atoms with Crippen LogP contribution in [0.1, 0.15) is 43.4 Å². The van der Waals surface area contributed by atoms with Crippen LogP contribution < -0.4 is 15.5 Å². The number of urea groups is 1. The summed E-state index contributed by atoms with van der Waals surface area (Å²) < 4.78 is 0. The van der Waals surface area contributed by atoms with Crippen molar-refractivity contribution in [2.75, 3.05) is 18.0 Å². The molecule has 2 bridgehead atoms. The number of nitrogens with zero attached hydrogens (tertiary/aromatic N) is 3. The Balaban J connectivity index is 1.14. The Bertz CT molecular complexity index is 919. The molecule has 3 amide bonds. The Morgan fingerprint density at radius 2 is 1.97 bits per heavy atom. The molecule has 1 aromatic heterocycles. The van der Waals surface area contributed by atoms with Crippen LogP contribution in [-0.2, 0) is 17.8 Å². The van der Waals surface area contributed by atoms with Crippen molar-refractivity contribution in [3.63, 3.8) is 0 Å². The van der Waals surface area contributed by atoms with E-state index in [1.165, 1.54) is 29.7 Å². The molecule has 31 heavy (non-hydrogen) atoms. The molecule has 7 nitrogen and oxygen atoms in total. The molecule has 164 valence electrons. The van der Waals surface area contributed by atoms with Crippen LogP contribution in [0.3, 0.4) is 0 Å². The lowest BCUT2D eigenvalue weighted by Gasteiger charge is -2.39. The molecule has 3 aliphatic rings. The average Bonchev–Trinajstić information content (AvgIpc) is 3.30. The number of hydrogen-bond acceptors (Lipinski definition) is 5. The minimum absolute atomic E-state index is 0.0286.